The van der Waals surface area contributed by atoms with Crippen LogP contribution in [0.4, 0.5) is 0 Å². The predicted octanol–water partition coefficient (Wildman–Crippen LogP) is -1.44. The van der Waals surface area contributed by atoms with Crippen molar-refractivity contribution in [3.8, 4) is 0 Å². The average molecular weight is 384 g/mol. The molecule has 1 atom stereocenters. The van der Waals surface area contributed by atoms with Crippen LogP contribution in [0.2, 0.25) is 0 Å². The van der Waals surface area contributed by atoms with Gasteiger partial charge in [0.15, 0.2) is 0 Å². The topological polar surface area (TPSA) is 0 Å². The predicted molar refractivity (Wildman–Crippen MR) is 74.0 cm³/mol. The molecule has 104 valence electrons. The summed E-state index contributed by atoms with van der Waals surface area (Å²) in [5.74, 6) is 0. The smallest absolute Gasteiger partial charge is 1.00 e. The monoisotopic (exact) mass is 382 g/mol. The number of halogens is 2. The van der Waals surface area contributed by atoms with Gasteiger partial charge in [-0.1, -0.05) is 0 Å². The van der Waals surface area contributed by atoms with Crippen molar-refractivity contribution in [2.24, 2.45) is 0 Å². The Morgan fingerprint density at radius 3 is 2.50 bits per heavy atom. The minimum absolute atomic E-state index is 0. The molecule has 0 radical (unpaired) electrons. The average Bonchev–Trinajstić information content (AvgIpc) is 2.85. The molecule has 0 aliphatic heterocycles. The van der Waals surface area contributed by atoms with Crippen LogP contribution in [0.3, 0.4) is 0 Å². The van der Waals surface area contributed by atoms with Crippen LogP contribution >= 0.6 is 0 Å². The van der Waals surface area contributed by atoms with E-state index in [9.17, 15) is 0 Å². The Balaban J connectivity index is 0.000001000. The molecule has 2 aliphatic rings. The molecular formula is C17H18Cl2Zr. The van der Waals surface area contributed by atoms with E-state index >= 15 is 0 Å². The molecule has 3 rings (SSSR count). The van der Waals surface area contributed by atoms with Gasteiger partial charge in [0.05, 0.1) is 0 Å². The number of benzene rings is 1. The van der Waals surface area contributed by atoms with Crippen molar-refractivity contribution in [3.63, 3.8) is 0 Å². The summed E-state index contributed by atoms with van der Waals surface area (Å²) in [6, 6.07) is 6.94. The molecule has 0 saturated heterocycles. The van der Waals surface area contributed by atoms with Crippen molar-refractivity contribution in [1.29, 1.82) is 0 Å². The van der Waals surface area contributed by atoms with E-state index in [-0.39, 0.29) is 24.8 Å². The molecule has 2 aliphatic carbocycles. The molecule has 0 saturated carbocycles. The second-order valence-electron chi connectivity index (χ2n) is 5.52. The molecule has 3 heteroatoms. The third kappa shape index (κ3) is 3.21. The van der Waals surface area contributed by atoms with Crippen molar-refractivity contribution in [2.45, 2.75) is 30.3 Å². The maximum Gasteiger partial charge on any atom is -1.00 e. The van der Waals surface area contributed by atoms with Gasteiger partial charge in [-0.25, -0.2) is 0 Å². The summed E-state index contributed by atoms with van der Waals surface area (Å²) in [5.41, 5.74) is 5.91. The standard InChI is InChI=1S/C11H11.C6H7.2ClH.Zr/c1-8-3-6-11-9(2)4-5-10(11)7-8;1-6-4-2-3-5-6;;;/h3-7H,1-2H3;2,4H,3H2,1H3;2*1H;/q;;;;+2/p-2. The van der Waals surface area contributed by atoms with E-state index in [0.29, 0.717) is 3.12 Å². The van der Waals surface area contributed by atoms with E-state index in [1.165, 1.54) is 23.1 Å². The number of hydrogen-bond acceptors (Lipinski definition) is 0. The van der Waals surface area contributed by atoms with Crippen LogP contribution in [-0.2, 0) is 26.4 Å². The van der Waals surface area contributed by atoms with Crippen LogP contribution in [0.15, 0.2) is 45.3 Å². The van der Waals surface area contributed by atoms with Gasteiger partial charge in [0, 0.05) is 0 Å². The van der Waals surface area contributed by atoms with Gasteiger partial charge in [-0.15, -0.1) is 0 Å². The summed E-state index contributed by atoms with van der Waals surface area (Å²) in [4.78, 5) is 0. The maximum absolute atomic E-state index is 2.46. The minimum atomic E-state index is -0.589. The molecule has 0 aromatic heterocycles. The first-order valence-corrected chi connectivity index (χ1v) is 8.99. The molecular weight excluding hydrogens is 366 g/mol. The Morgan fingerprint density at radius 2 is 1.85 bits per heavy atom. The second-order valence-corrected chi connectivity index (χ2v) is 10.2. The van der Waals surface area contributed by atoms with Crippen LogP contribution < -0.4 is 24.8 Å². The first-order valence-electron chi connectivity index (χ1n) is 6.53. The van der Waals surface area contributed by atoms with Gasteiger partial charge in [-0.2, -0.15) is 0 Å². The Morgan fingerprint density at radius 1 is 1.10 bits per heavy atom. The number of hydrogen-bond donors (Lipinski definition) is 0. The fourth-order valence-corrected chi connectivity index (χ4v) is 6.90. The molecule has 0 bridgehead atoms. The summed E-state index contributed by atoms with van der Waals surface area (Å²) in [5, 5.41) is 0. The van der Waals surface area contributed by atoms with Gasteiger partial charge in [-0.3, -0.25) is 0 Å². The zero-order chi connectivity index (χ0) is 12.8. The Kier molecular flexibility index (Phi) is 6.08. The van der Waals surface area contributed by atoms with Crippen molar-refractivity contribution < 1.29 is 48.0 Å². The SMILES string of the molecule is CC1=[C]([Zr+2][C]2(C)C=Cc3cc(C)ccc32)CC=C1.[Cl-].[Cl-]. The van der Waals surface area contributed by atoms with Gasteiger partial charge in [-0.05, 0) is 0 Å². The Hall–Kier alpha value is -0.0969. The van der Waals surface area contributed by atoms with Crippen molar-refractivity contribution in [1.82, 2.24) is 0 Å². The van der Waals surface area contributed by atoms with Gasteiger partial charge in [0.25, 0.3) is 0 Å². The third-order valence-corrected chi connectivity index (χ3v) is 8.50. The summed E-state index contributed by atoms with van der Waals surface area (Å²) in [7, 11) is 0. The van der Waals surface area contributed by atoms with Gasteiger partial charge in [0.1, 0.15) is 0 Å². The van der Waals surface area contributed by atoms with Crippen LogP contribution in [0.5, 0.6) is 0 Å². The van der Waals surface area contributed by atoms with E-state index in [0.717, 1.165) is 0 Å². The number of aryl methyl sites for hydroxylation is 1. The van der Waals surface area contributed by atoms with Gasteiger partial charge >= 0.3 is 122 Å². The normalized spacial score (nSPS) is 22.1. The molecule has 0 heterocycles. The molecule has 1 aromatic rings. The molecule has 0 N–H and O–H groups in total. The van der Waals surface area contributed by atoms with Crippen LogP contribution in [0, 0.1) is 6.92 Å². The number of rotatable bonds is 2. The fourth-order valence-electron chi connectivity index (χ4n) is 2.83. The fraction of sp³-hybridized carbons (Fsp3) is 0.294. The largest absolute Gasteiger partial charge is 1.00 e. The van der Waals surface area contributed by atoms with Crippen LogP contribution in [0.1, 0.15) is 37.0 Å². The van der Waals surface area contributed by atoms with Gasteiger partial charge in [0.2, 0.25) is 0 Å². The molecule has 0 amide bonds. The molecule has 0 fully saturated rings. The summed E-state index contributed by atoms with van der Waals surface area (Å²) in [6.07, 6.45) is 10.6. The molecule has 1 unspecified atom stereocenters. The van der Waals surface area contributed by atoms with E-state index in [4.69, 9.17) is 0 Å². The number of fused-ring (bicyclic) bond motifs is 1. The van der Waals surface area contributed by atoms with E-state index in [1.807, 2.05) is 0 Å². The van der Waals surface area contributed by atoms with Crippen molar-refractivity contribution in [3.05, 3.63) is 62.0 Å². The second kappa shape index (κ2) is 6.78. The Labute approximate surface area is 145 Å². The van der Waals surface area contributed by atoms with E-state index < -0.39 is 23.2 Å². The van der Waals surface area contributed by atoms with Crippen molar-refractivity contribution in [2.75, 3.05) is 0 Å². The van der Waals surface area contributed by atoms with Crippen molar-refractivity contribution >= 4 is 6.08 Å². The first kappa shape index (κ1) is 18.0. The van der Waals surface area contributed by atoms with Crippen LogP contribution in [0.25, 0.3) is 6.08 Å². The molecule has 20 heavy (non-hydrogen) atoms. The quantitative estimate of drug-likeness (QED) is 0.586. The zero-order valence-electron chi connectivity index (χ0n) is 12.0. The third-order valence-electron chi connectivity index (χ3n) is 3.94. The van der Waals surface area contributed by atoms with E-state index in [1.54, 1.807) is 8.84 Å². The van der Waals surface area contributed by atoms with Crippen LogP contribution in [-0.4, -0.2) is 0 Å². The summed E-state index contributed by atoms with van der Waals surface area (Å²) >= 11 is -0.589. The molecule has 0 nitrogen and oxygen atoms in total. The first-order chi connectivity index (χ1) is 8.58. The van der Waals surface area contributed by atoms with E-state index in [2.05, 4.69) is 63.3 Å². The Bertz CT molecular complexity index is 599. The minimum Gasteiger partial charge on any atom is -1.00 e. The number of allylic oxidation sites excluding steroid dienone is 5. The summed E-state index contributed by atoms with van der Waals surface area (Å²) in [6.45, 7) is 6.89. The van der Waals surface area contributed by atoms with Gasteiger partial charge < -0.3 is 24.8 Å². The molecule has 1 aromatic carbocycles. The molecule has 0 spiro atoms. The maximum atomic E-state index is 2.46. The summed E-state index contributed by atoms with van der Waals surface area (Å²) < 4.78 is 2.12. The zero-order valence-corrected chi connectivity index (χ0v) is 16.0.